The van der Waals surface area contributed by atoms with Crippen molar-refractivity contribution < 1.29 is 0 Å². The fourth-order valence-electron chi connectivity index (χ4n) is 1.68. The Morgan fingerprint density at radius 2 is 1.94 bits per heavy atom. The van der Waals surface area contributed by atoms with Crippen LogP contribution in [0.2, 0.25) is 0 Å². The monoisotopic (exact) mass is 239 g/mol. The number of hydrogen-bond acceptors (Lipinski definition) is 3. The highest BCUT2D eigenvalue weighted by molar-refractivity contribution is 5.47. The third-order valence-electron chi connectivity index (χ3n) is 2.59. The molecule has 0 radical (unpaired) electrons. The largest absolute Gasteiger partial charge is 0.297 e. The van der Waals surface area contributed by atoms with Gasteiger partial charge in [-0.05, 0) is 36.9 Å². The van der Waals surface area contributed by atoms with Crippen LogP contribution in [-0.4, -0.2) is 28.5 Å². The van der Waals surface area contributed by atoms with Gasteiger partial charge < -0.3 is 0 Å². The third-order valence-corrected chi connectivity index (χ3v) is 2.59. The van der Waals surface area contributed by atoms with Crippen molar-refractivity contribution in [2.24, 2.45) is 0 Å². The zero-order valence-electron chi connectivity index (χ0n) is 10.5. The first-order valence-electron chi connectivity index (χ1n) is 5.99. The maximum atomic E-state index is 4.31. The molecule has 0 unspecified atom stereocenters. The summed E-state index contributed by atoms with van der Waals surface area (Å²) in [6.07, 6.45) is 9.69. The lowest BCUT2D eigenvalue weighted by Crippen LogP contribution is -2.18. The Morgan fingerprint density at radius 1 is 1.11 bits per heavy atom. The van der Waals surface area contributed by atoms with Gasteiger partial charge in [-0.15, -0.1) is 0 Å². The van der Waals surface area contributed by atoms with Gasteiger partial charge in [0.15, 0.2) is 0 Å². The highest BCUT2D eigenvalue weighted by atomic mass is 15.1. The topological polar surface area (TPSA) is 29.0 Å². The number of rotatable bonds is 5. The highest BCUT2D eigenvalue weighted by Gasteiger charge is 1.98. The Morgan fingerprint density at radius 3 is 2.67 bits per heavy atom. The van der Waals surface area contributed by atoms with E-state index in [0.717, 1.165) is 18.8 Å². The van der Waals surface area contributed by atoms with Gasteiger partial charge in [0.05, 0.1) is 5.69 Å². The average Bonchev–Trinajstić information content (AvgIpc) is 2.41. The van der Waals surface area contributed by atoms with Crippen molar-refractivity contribution in [1.82, 2.24) is 14.9 Å². The van der Waals surface area contributed by atoms with Gasteiger partial charge in [-0.3, -0.25) is 14.9 Å². The molecular weight excluding hydrogens is 222 g/mol. The van der Waals surface area contributed by atoms with Crippen molar-refractivity contribution in [2.45, 2.75) is 6.54 Å². The first-order valence-corrected chi connectivity index (χ1v) is 5.99. The molecule has 0 saturated heterocycles. The second-order valence-electron chi connectivity index (χ2n) is 4.20. The Bertz CT molecular complexity index is 480. The lowest BCUT2D eigenvalue weighted by Gasteiger charge is -2.13. The van der Waals surface area contributed by atoms with Crippen LogP contribution >= 0.6 is 0 Å². The molecule has 0 fully saturated rings. The summed E-state index contributed by atoms with van der Waals surface area (Å²) in [7, 11) is 2.09. The Kier molecular flexibility index (Phi) is 4.61. The van der Waals surface area contributed by atoms with Gasteiger partial charge in [-0.25, -0.2) is 0 Å². The minimum atomic E-state index is 0.863. The van der Waals surface area contributed by atoms with Crippen LogP contribution < -0.4 is 0 Å². The predicted octanol–water partition coefficient (Wildman–Crippen LogP) is 2.62. The summed E-state index contributed by atoms with van der Waals surface area (Å²) in [6, 6.07) is 9.99. The molecule has 92 valence electrons. The van der Waals surface area contributed by atoms with E-state index in [1.54, 1.807) is 12.4 Å². The van der Waals surface area contributed by atoms with Gasteiger partial charge in [0, 0.05) is 31.7 Å². The number of pyridine rings is 2. The molecule has 3 nitrogen and oxygen atoms in total. The maximum absolute atomic E-state index is 4.31. The van der Waals surface area contributed by atoms with E-state index in [1.807, 2.05) is 36.5 Å². The van der Waals surface area contributed by atoms with E-state index >= 15 is 0 Å². The van der Waals surface area contributed by atoms with Crippen molar-refractivity contribution in [2.75, 3.05) is 13.6 Å². The standard InChI is InChI=1S/C15H17N3/c1-18(13-15-6-2-3-9-17-15)12-4-5-14-7-10-16-11-8-14/h2-11H,12-13H2,1H3/b5-4+. The summed E-state index contributed by atoms with van der Waals surface area (Å²) < 4.78 is 0. The lowest BCUT2D eigenvalue weighted by molar-refractivity contribution is 0.359. The molecular formula is C15H17N3. The van der Waals surface area contributed by atoms with Crippen LogP contribution in [0.3, 0.4) is 0 Å². The summed E-state index contributed by atoms with van der Waals surface area (Å²) in [5.74, 6) is 0. The minimum absolute atomic E-state index is 0.863. The summed E-state index contributed by atoms with van der Waals surface area (Å²) >= 11 is 0. The van der Waals surface area contributed by atoms with Crippen molar-refractivity contribution in [3.05, 3.63) is 66.3 Å². The fraction of sp³-hybridized carbons (Fsp3) is 0.200. The number of nitrogens with zero attached hydrogens (tertiary/aromatic N) is 3. The molecule has 0 amide bonds. The maximum Gasteiger partial charge on any atom is 0.0543 e. The number of hydrogen-bond donors (Lipinski definition) is 0. The molecule has 2 rings (SSSR count). The van der Waals surface area contributed by atoms with Gasteiger partial charge >= 0.3 is 0 Å². The molecule has 0 aromatic carbocycles. The number of aromatic nitrogens is 2. The smallest absolute Gasteiger partial charge is 0.0543 e. The lowest BCUT2D eigenvalue weighted by atomic mass is 10.2. The van der Waals surface area contributed by atoms with Crippen molar-refractivity contribution in [1.29, 1.82) is 0 Å². The zero-order chi connectivity index (χ0) is 12.6. The summed E-state index contributed by atoms with van der Waals surface area (Å²) in [6.45, 7) is 1.76. The zero-order valence-corrected chi connectivity index (χ0v) is 10.5. The molecule has 0 atom stereocenters. The molecule has 0 N–H and O–H groups in total. The van der Waals surface area contributed by atoms with E-state index in [0.29, 0.717) is 0 Å². The summed E-state index contributed by atoms with van der Waals surface area (Å²) in [4.78, 5) is 10.5. The van der Waals surface area contributed by atoms with Crippen molar-refractivity contribution in [3.8, 4) is 0 Å². The van der Waals surface area contributed by atoms with Crippen LogP contribution in [0.15, 0.2) is 55.0 Å². The third kappa shape index (κ3) is 4.11. The molecule has 0 aliphatic rings. The first-order chi connectivity index (χ1) is 8.84. The molecule has 2 heterocycles. The molecule has 3 heteroatoms. The van der Waals surface area contributed by atoms with Gasteiger partial charge in [0.2, 0.25) is 0 Å². The molecule has 2 aromatic heterocycles. The molecule has 2 aromatic rings. The van der Waals surface area contributed by atoms with Gasteiger partial charge in [0.25, 0.3) is 0 Å². The van der Waals surface area contributed by atoms with Crippen molar-refractivity contribution in [3.63, 3.8) is 0 Å². The molecule has 0 aliphatic heterocycles. The van der Waals surface area contributed by atoms with E-state index in [-0.39, 0.29) is 0 Å². The molecule has 0 bridgehead atoms. The second-order valence-corrected chi connectivity index (χ2v) is 4.20. The molecule has 0 aliphatic carbocycles. The van der Waals surface area contributed by atoms with E-state index in [1.165, 1.54) is 5.56 Å². The first kappa shape index (κ1) is 12.5. The molecule has 18 heavy (non-hydrogen) atoms. The van der Waals surface area contributed by atoms with Gasteiger partial charge in [0.1, 0.15) is 0 Å². The highest BCUT2D eigenvalue weighted by Crippen LogP contribution is 2.01. The quantitative estimate of drug-likeness (QED) is 0.803. The van der Waals surface area contributed by atoms with E-state index in [9.17, 15) is 0 Å². The van der Waals surface area contributed by atoms with Crippen LogP contribution in [0, 0.1) is 0 Å². The number of likely N-dealkylation sites (N-methyl/N-ethyl adjacent to an activating group) is 1. The summed E-state index contributed by atoms with van der Waals surface area (Å²) in [5.41, 5.74) is 2.27. The van der Waals surface area contributed by atoms with Crippen LogP contribution in [0.5, 0.6) is 0 Å². The average molecular weight is 239 g/mol. The summed E-state index contributed by atoms with van der Waals surface area (Å²) in [5, 5.41) is 0. The Balaban J connectivity index is 1.82. The van der Waals surface area contributed by atoms with E-state index < -0.39 is 0 Å². The van der Waals surface area contributed by atoms with Gasteiger partial charge in [-0.2, -0.15) is 0 Å². The Labute approximate surface area is 108 Å². The van der Waals surface area contributed by atoms with E-state index in [2.05, 4.69) is 34.1 Å². The Hall–Kier alpha value is -2.00. The second kappa shape index (κ2) is 6.67. The molecule has 0 spiro atoms. The predicted molar refractivity (Wildman–Crippen MR) is 73.8 cm³/mol. The van der Waals surface area contributed by atoms with Crippen LogP contribution in [0.1, 0.15) is 11.3 Å². The minimum Gasteiger partial charge on any atom is -0.297 e. The van der Waals surface area contributed by atoms with Gasteiger partial charge in [-0.1, -0.05) is 18.2 Å². The fourth-order valence-corrected chi connectivity index (χ4v) is 1.68. The van der Waals surface area contributed by atoms with Crippen LogP contribution in [0.25, 0.3) is 6.08 Å². The SMILES string of the molecule is CN(C/C=C/c1ccncc1)Cc1ccccn1. The van der Waals surface area contributed by atoms with E-state index in [4.69, 9.17) is 0 Å². The van der Waals surface area contributed by atoms with Crippen LogP contribution in [-0.2, 0) is 6.54 Å². The molecule has 0 saturated carbocycles. The normalized spacial score (nSPS) is 11.2. The van der Waals surface area contributed by atoms with Crippen molar-refractivity contribution >= 4 is 6.08 Å². The van der Waals surface area contributed by atoms with Crippen LogP contribution in [0.4, 0.5) is 0 Å².